The molecule has 13 rings (SSSR count). The number of nitrogens with zero attached hydrogens (tertiary/aromatic N) is 4. The molecule has 5 heterocycles. The van der Waals surface area contributed by atoms with Crippen LogP contribution >= 0.6 is 11.8 Å². The van der Waals surface area contributed by atoms with Gasteiger partial charge >= 0.3 is 0 Å². The Bertz CT molecular complexity index is 3330. The topological polar surface area (TPSA) is 33.5 Å². The third kappa shape index (κ3) is 5.07. The molecule has 0 atom stereocenters. The van der Waals surface area contributed by atoms with Crippen LogP contribution in [-0.2, 0) is 5.41 Å². The van der Waals surface area contributed by atoms with Gasteiger partial charge < -0.3 is 14.5 Å². The van der Waals surface area contributed by atoms with Gasteiger partial charge in [-0.2, -0.15) is 0 Å². The van der Waals surface area contributed by atoms with E-state index in [4.69, 9.17) is 9.72 Å². The SMILES string of the molecule is CN1CN2c3cc(Oc4ccc5c6ccccc6n(-c6ccccn6)c5c4)ccc3C3(c4cc(-c5ccccc5)ccc4Sc4ccc(-c5ccccc5)cc43)c3cccc1c32. The average molecular weight is 815 g/mol. The van der Waals surface area contributed by atoms with Crippen LogP contribution in [0.3, 0.4) is 0 Å². The summed E-state index contributed by atoms with van der Waals surface area (Å²) in [5.41, 5.74) is 15.1. The highest BCUT2D eigenvalue weighted by Crippen LogP contribution is 2.65. The number of benzene rings is 8. The van der Waals surface area contributed by atoms with Crippen molar-refractivity contribution in [3.05, 3.63) is 223 Å². The zero-order valence-electron chi connectivity index (χ0n) is 33.9. The van der Waals surface area contributed by atoms with Crippen molar-refractivity contribution < 1.29 is 4.74 Å². The Hall–Kier alpha value is -7.54. The van der Waals surface area contributed by atoms with Crippen LogP contribution in [0.4, 0.5) is 17.1 Å². The van der Waals surface area contributed by atoms with Crippen molar-refractivity contribution in [3.63, 3.8) is 0 Å². The minimum atomic E-state index is -0.630. The summed E-state index contributed by atoms with van der Waals surface area (Å²) < 4.78 is 9.19. The Morgan fingerprint density at radius 2 is 1.16 bits per heavy atom. The first-order chi connectivity index (χ1) is 30.6. The van der Waals surface area contributed by atoms with Gasteiger partial charge in [-0.25, -0.2) is 4.98 Å². The van der Waals surface area contributed by atoms with Crippen LogP contribution in [0.25, 0.3) is 49.9 Å². The quantitative estimate of drug-likeness (QED) is 0.173. The van der Waals surface area contributed by atoms with E-state index < -0.39 is 5.41 Å². The van der Waals surface area contributed by atoms with Crippen LogP contribution in [0.1, 0.15) is 22.3 Å². The van der Waals surface area contributed by atoms with E-state index in [0.29, 0.717) is 0 Å². The molecule has 2 aromatic heterocycles. The van der Waals surface area contributed by atoms with Crippen LogP contribution in [0, 0.1) is 0 Å². The lowest BCUT2D eigenvalue weighted by molar-refractivity contribution is 0.482. The lowest BCUT2D eigenvalue weighted by Crippen LogP contribution is -2.40. The predicted octanol–water partition coefficient (Wildman–Crippen LogP) is 14.0. The van der Waals surface area contributed by atoms with E-state index in [2.05, 4.69) is 203 Å². The molecule has 0 aliphatic carbocycles. The van der Waals surface area contributed by atoms with Gasteiger partial charge in [-0.05, 0) is 111 Å². The predicted molar refractivity (Wildman–Crippen MR) is 254 cm³/mol. The van der Waals surface area contributed by atoms with Crippen molar-refractivity contribution in [2.75, 3.05) is 23.5 Å². The largest absolute Gasteiger partial charge is 0.457 e. The number of pyridine rings is 1. The second-order valence-corrected chi connectivity index (χ2v) is 17.5. The molecule has 0 radical (unpaired) electrons. The molecule has 0 bridgehead atoms. The molecule has 0 saturated carbocycles. The highest BCUT2D eigenvalue weighted by molar-refractivity contribution is 7.99. The Balaban J connectivity index is 1.04. The first-order valence-corrected chi connectivity index (χ1v) is 21.9. The van der Waals surface area contributed by atoms with Gasteiger partial charge in [0.05, 0.1) is 40.2 Å². The van der Waals surface area contributed by atoms with E-state index in [1.807, 2.05) is 30.1 Å². The molecule has 3 aliphatic rings. The fraction of sp³-hybridized carbons (Fsp3) is 0.0536. The van der Waals surface area contributed by atoms with Crippen molar-refractivity contribution in [2.24, 2.45) is 0 Å². The summed E-state index contributed by atoms with van der Waals surface area (Å²) in [4.78, 5) is 12.2. The standard InChI is InChI=1S/C56H38N4OS/c1-58-35-59-51-34-41(61-40-24-26-43-42-17-8-9-19-48(42)60(50(43)33-40)54-21-10-11-30-57-54)25-27-44(51)56(45-18-12-20-49(58)55(45)59)46-31-38(36-13-4-2-5-14-36)22-28-52(46)62-53-29-23-39(32-47(53)56)37-15-6-3-7-16-37/h2-34H,35H2,1H3. The van der Waals surface area contributed by atoms with E-state index in [9.17, 15) is 0 Å². The van der Waals surface area contributed by atoms with Crippen molar-refractivity contribution >= 4 is 50.6 Å². The number of aromatic nitrogens is 2. The number of ether oxygens (including phenoxy) is 1. The van der Waals surface area contributed by atoms with E-state index in [1.54, 1.807) is 0 Å². The van der Waals surface area contributed by atoms with Gasteiger partial charge in [0.25, 0.3) is 0 Å². The molecule has 5 nitrogen and oxygen atoms in total. The molecule has 1 spiro atoms. The van der Waals surface area contributed by atoms with Crippen molar-refractivity contribution in [1.82, 2.24) is 9.55 Å². The molecule has 294 valence electrons. The Kier molecular flexibility index (Phi) is 7.66. The Labute approximate surface area is 364 Å². The van der Waals surface area contributed by atoms with Crippen LogP contribution in [0.15, 0.2) is 210 Å². The highest BCUT2D eigenvalue weighted by Gasteiger charge is 2.52. The third-order valence-electron chi connectivity index (χ3n) is 13.1. The summed E-state index contributed by atoms with van der Waals surface area (Å²) >= 11 is 1.88. The molecular weight excluding hydrogens is 777 g/mol. The molecule has 0 unspecified atom stereocenters. The number of hydrogen-bond acceptors (Lipinski definition) is 5. The average Bonchev–Trinajstić information content (AvgIpc) is 3.85. The molecule has 6 heteroatoms. The molecule has 62 heavy (non-hydrogen) atoms. The summed E-state index contributed by atoms with van der Waals surface area (Å²) in [6.45, 7) is 0.734. The van der Waals surface area contributed by atoms with Gasteiger partial charge in [0, 0.05) is 45.9 Å². The van der Waals surface area contributed by atoms with Crippen LogP contribution in [0.5, 0.6) is 11.5 Å². The highest BCUT2D eigenvalue weighted by atomic mass is 32.2. The number of rotatable bonds is 5. The fourth-order valence-electron chi connectivity index (χ4n) is 10.4. The van der Waals surface area contributed by atoms with Gasteiger partial charge in [0.1, 0.15) is 17.3 Å². The molecule has 3 aliphatic heterocycles. The summed E-state index contributed by atoms with van der Waals surface area (Å²) in [6, 6.07) is 70.5. The first kappa shape index (κ1) is 35.2. The molecule has 0 N–H and O–H groups in total. The molecule has 10 aromatic rings. The summed E-state index contributed by atoms with van der Waals surface area (Å²) in [6.07, 6.45) is 1.85. The summed E-state index contributed by atoms with van der Waals surface area (Å²) in [5.74, 6) is 2.43. The van der Waals surface area contributed by atoms with E-state index in [-0.39, 0.29) is 0 Å². The minimum Gasteiger partial charge on any atom is -0.457 e. The first-order valence-electron chi connectivity index (χ1n) is 21.1. The van der Waals surface area contributed by atoms with Crippen LogP contribution < -0.4 is 14.5 Å². The van der Waals surface area contributed by atoms with E-state index >= 15 is 0 Å². The Morgan fingerprint density at radius 1 is 0.500 bits per heavy atom. The van der Waals surface area contributed by atoms with Gasteiger partial charge in [0.2, 0.25) is 0 Å². The van der Waals surface area contributed by atoms with Crippen LogP contribution in [-0.4, -0.2) is 23.3 Å². The van der Waals surface area contributed by atoms with Crippen molar-refractivity contribution in [2.45, 2.75) is 15.2 Å². The number of para-hydroxylation sites is 2. The zero-order valence-corrected chi connectivity index (χ0v) is 34.7. The maximum atomic E-state index is 6.95. The smallest absolute Gasteiger partial charge is 0.137 e. The maximum absolute atomic E-state index is 6.95. The van der Waals surface area contributed by atoms with Crippen molar-refractivity contribution in [1.29, 1.82) is 0 Å². The van der Waals surface area contributed by atoms with E-state index in [1.165, 1.54) is 71.1 Å². The lowest BCUT2D eigenvalue weighted by atomic mass is 9.61. The van der Waals surface area contributed by atoms with Crippen molar-refractivity contribution in [3.8, 4) is 39.6 Å². The number of hydrogen-bond donors (Lipinski definition) is 0. The molecule has 8 aromatic carbocycles. The molecule has 0 fully saturated rings. The molecule has 0 saturated heterocycles. The lowest BCUT2D eigenvalue weighted by Gasteiger charge is -2.48. The third-order valence-corrected chi connectivity index (χ3v) is 14.2. The summed E-state index contributed by atoms with van der Waals surface area (Å²) in [7, 11) is 2.20. The molecular formula is C56H38N4OS. The monoisotopic (exact) mass is 814 g/mol. The van der Waals surface area contributed by atoms with Crippen LogP contribution in [0.2, 0.25) is 0 Å². The van der Waals surface area contributed by atoms with Gasteiger partial charge in [-0.1, -0.05) is 127 Å². The summed E-state index contributed by atoms with van der Waals surface area (Å²) in [5, 5.41) is 2.34. The van der Waals surface area contributed by atoms with Gasteiger partial charge in [-0.15, -0.1) is 0 Å². The number of fused-ring (bicyclic) bond motifs is 11. The second-order valence-electron chi connectivity index (χ2n) is 16.4. The van der Waals surface area contributed by atoms with E-state index in [0.717, 1.165) is 46.1 Å². The number of anilines is 3. The second kappa shape index (κ2) is 13.5. The fourth-order valence-corrected chi connectivity index (χ4v) is 11.6. The maximum Gasteiger partial charge on any atom is 0.137 e. The minimum absolute atomic E-state index is 0.630. The zero-order chi connectivity index (χ0) is 40.9. The van der Waals surface area contributed by atoms with Gasteiger partial charge in [0.15, 0.2) is 0 Å². The molecule has 0 amide bonds. The van der Waals surface area contributed by atoms with Gasteiger partial charge in [-0.3, -0.25) is 4.57 Å². The normalized spacial score (nSPS) is 14.1. The Morgan fingerprint density at radius 3 is 1.89 bits per heavy atom.